The minimum Gasteiger partial charge on any atom is -0.305 e. The second-order valence-electron chi connectivity index (χ2n) is 2.26. The van der Waals surface area contributed by atoms with Crippen LogP contribution in [0, 0.1) is 5.82 Å². The molecule has 1 aromatic carbocycles. The highest BCUT2D eigenvalue weighted by molar-refractivity contribution is 6.31. The predicted molar refractivity (Wildman–Crippen MR) is 48.6 cm³/mol. The fourth-order valence-electron chi connectivity index (χ4n) is 0.767. The van der Waals surface area contributed by atoms with Crippen LogP contribution in [-0.4, -0.2) is 12.1 Å². The van der Waals surface area contributed by atoms with E-state index in [1.54, 1.807) is 0 Å². The Hall–Kier alpha value is -1.71. The summed E-state index contributed by atoms with van der Waals surface area (Å²) in [5.74, 6) is -0.594. The van der Waals surface area contributed by atoms with Crippen molar-refractivity contribution in [3.8, 4) is 0 Å². The van der Waals surface area contributed by atoms with Gasteiger partial charge in [-0.15, -0.1) is 4.99 Å². The maximum atomic E-state index is 12.7. The van der Waals surface area contributed by atoms with Gasteiger partial charge < -0.3 is 5.32 Å². The Bertz CT molecular complexity index is 416. The van der Waals surface area contributed by atoms with Crippen molar-refractivity contribution >= 4 is 29.4 Å². The molecule has 0 aliphatic carbocycles. The molecule has 1 N–H and O–H groups in total. The molecule has 0 aliphatic rings. The SMILES string of the molecule is O=C=NC(=O)Nc1ccc(F)c(Cl)c1. The van der Waals surface area contributed by atoms with Gasteiger partial charge in [0.15, 0.2) is 0 Å². The van der Waals surface area contributed by atoms with Crippen molar-refractivity contribution < 1.29 is 14.0 Å². The van der Waals surface area contributed by atoms with Crippen molar-refractivity contribution in [3.05, 3.63) is 29.0 Å². The van der Waals surface area contributed by atoms with E-state index in [0.29, 0.717) is 0 Å². The van der Waals surface area contributed by atoms with E-state index in [9.17, 15) is 14.0 Å². The highest BCUT2D eigenvalue weighted by atomic mass is 35.5. The lowest BCUT2D eigenvalue weighted by Crippen LogP contribution is -2.05. The third-order valence-corrected chi connectivity index (χ3v) is 1.61. The van der Waals surface area contributed by atoms with Crippen LogP contribution in [0.5, 0.6) is 0 Å². The number of anilines is 1. The van der Waals surface area contributed by atoms with Gasteiger partial charge in [0, 0.05) is 5.69 Å². The summed E-state index contributed by atoms with van der Waals surface area (Å²) in [5.41, 5.74) is 0.250. The lowest BCUT2D eigenvalue weighted by Gasteiger charge is -2.00. The molecule has 0 atom stereocenters. The van der Waals surface area contributed by atoms with E-state index in [-0.39, 0.29) is 10.7 Å². The monoisotopic (exact) mass is 214 g/mol. The first-order valence-corrected chi connectivity index (χ1v) is 3.85. The van der Waals surface area contributed by atoms with Crippen LogP contribution in [0.2, 0.25) is 5.02 Å². The van der Waals surface area contributed by atoms with Crippen LogP contribution in [-0.2, 0) is 4.79 Å². The molecule has 4 nitrogen and oxygen atoms in total. The van der Waals surface area contributed by atoms with Crippen molar-refractivity contribution in [2.75, 3.05) is 5.32 Å². The van der Waals surface area contributed by atoms with Gasteiger partial charge in [-0.1, -0.05) is 11.6 Å². The molecule has 72 valence electrons. The molecule has 0 saturated heterocycles. The number of amides is 2. The van der Waals surface area contributed by atoms with E-state index < -0.39 is 11.8 Å². The van der Waals surface area contributed by atoms with E-state index >= 15 is 0 Å². The number of carbonyl (C=O) groups excluding carboxylic acids is 2. The van der Waals surface area contributed by atoms with Gasteiger partial charge in [0.05, 0.1) is 5.02 Å². The normalized spacial score (nSPS) is 9.00. The third-order valence-electron chi connectivity index (χ3n) is 1.32. The highest BCUT2D eigenvalue weighted by Gasteiger charge is 2.03. The van der Waals surface area contributed by atoms with Crippen LogP contribution in [0.15, 0.2) is 23.2 Å². The zero-order chi connectivity index (χ0) is 10.6. The number of nitrogens with one attached hydrogen (secondary N) is 1. The lowest BCUT2D eigenvalue weighted by atomic mass is 10.3. The Balaban J connectivity index is 2.83. The fraction of sp³-hybridized carbons (Fsp3) is 0. The van der Waals surface area contributed by atoms with Gasteiger partial charge in [-0.2, -0.15) is 0 Å². The van der Waals surface area contributed by atoms with Crippen LogP contribution in [0.25, 0.3) is 0 Å². The standard InChI is InChI=1S/C8H4ClFN2O2/c9-6-3-5(1-2-7(6)10)12-8(14)11-4-13/h1-3H,(H,12,14). The minimum absolute atomic E-state index is 0.127. The van der Waals surface area contributed by atoms with Gasteiger partial charge in [0.25, 0.3) is 0 Å². The molecular weight excluding hydrogens is 211 g/mol. The minimum atomic E-state index is -0.886. The molecule has 1 rings (SSSR count). The number of aliphatic imine (C=N–C) groups is 1. The van der Waals surface area contributed by atoms with E-state index in [0.717, 1.165) is 12.1 Å². The molecule has 0 heterocycles. The first-order chi connectivity index (χ1) is 6.63. The van der Waals surface area contributed by atoms with Crippen molar-refractivity contribution in [2.24, 2.45) is 4.99 Å². The van der Waals surface area contributed by atoms with Crippen LogP contribution in [0.1, 0.15) is 0 Å². The first-order valence-electron chi connectivity index (χ1n) is 3.47. The van der Waals surface area contributed by atoms with E-state index in [1.165, 1.54) is 12.1 Å². The number of isocyanates is 1. The van der Waals surface area contributed by atoms with E-state index in [1.807, 2.05) is 0 Å². The molecule has 0 aliphatic heterocycles. The molecule has 0 radical (unpaired) electrons. The maximum Gasteiger partial charge on any atom is 0.356 e. The van der Waals surface area contributed by atoms with Gasteiger partial charge in [-0.25, -0.2) is 14.0 Å². The molecule has 0 aromatic heterocycles. The summed E-state index contributed by atoms with van der Waals surface area (Å²) in [4.78, 5) is 23.2. The second-order valence-corrected chi connectivity index (χ2v) is 2.67. The fourth-order valence-corrected chi connectivity index (χ4v) is 0.947. The summed E-state index contributed by atoms with van der Waals surface area (Å²) in [6, 6.07) is 2.69. The Kier molecular flexibility index (Phi) is 3.34. The molecule has 0 spiro atoms. The smallest absolute Gasteiger partial charge is 0.305 e. The molecular formula is C8H4ClFN2O2. The lowest BCUT2D eigenvalue weighted by molar-refractivity contribution is 0.259. The van der Waals surface area contributed by atoms with Crippen LogP contribution in [0.3, 0.4) is 0 Å². The zero-order valence-corrected chi connectivity index (χ0v) is 7.51. The van der Waals surface area contributed by atoms with Gasteiger partial charge >= 0.3 is 6.03 Å². The van der Waals surface area contributed by atoms with Crippen molar-refractivity contribution in [2.45, 2.75) is 0 Å². The van der Waals surface area contributed by atoms with Gasteiger partial charge in [0.2, 0.25) is 6.08 Å². The molecule has 1 aromatic rings. The Morgan fingerprint density at radius 2 is 2.29 bits per heavy atom. The van der Waals surface area contributed by atoms with E-state index in [4.69, 9.17) is 11.6 Å². The average Bonchev–Trinajstić information content (AvgIpc) is 2.12. The highest BCUT2D eigenvalue weighted by Crippen LogP contribution is 2.19. The summed E-state index contributed by atoms with van der Waals surface area (Å²) >= 11 is 5.44. The summed E-state index contributed by atoms with van der Waals surface area (Å²) < 4.78 is 12.7. The zero-order valence-electron chi connectivity index (χ0n) is 6.75. The van der Waals surface area contributed by atoms with Crippen molar-refractivity contribution in [3.63, 3.8) is 0 Å². The topological polar surface area (TPSA) is 58.5 Å². The van der Waals surface area contributed by atoms with E-state index in [2.05, 4.69) is 10.3 Å². The predicted octanol–water partition coefficient (Wildman–Crippen LogP) is 2.35. The quantitative estimate of drug-likeness (QED) is 0.576. The Morgan fingerprint density at radius 1 is 1.57 bits per heavy atom. The number of hydrogen-bond acceptors (Lipinski definition) is 2. The summed E-state index contributed by atoms with van der Waals surface area (Å²) in [6.45, 7) is 0. The Labute approximate surface area is 83.4 Å². The first kappa shape index (κ1) is 10.4. The van der Waals surface area contributed by atoms with Crippen LogP contribution >= 0.6 is 11.6 Å². The number of carbonyl (C=O) groups is 1. The number of benzene rings is 1. The molecule has 0 saturated carbocycles. The van der Waals surface area contributed by atoms with Crippen LogP contribution < -0.4 is 5.32 Å². The molecule has 0 fully saturated rings. The largest absolute Gasteiger partial charge is 0.356 e. The number of hydrogen-bond donors (Lipinski definition) is 1. The molecule has 6 heteroatoms. The number of nitrogens with zero attached hydrogens (tertiary/aromatic N) is 1. The van der Waals surface area contributed by atoms with Gasteiger partial charge in [-0.3, -0.25) is 0 Å². The number of urea groups is 1. The molecule has 14 heavy (non-hydrogen) atoms. The third kappa shape index (κ3) is 2.65. The van der Waals surface area contributed by atoms with Crippen LogP contribution in [0.4, 0.5) is 14.9 Å². The van der Waals surface area contributed by atoms with Gasteiger partial charge in [0.1, 0.15) is 5.82 Å². The second kappa shape index (κ2) is 4.50. The summed E-state index contributed by atoms with van der Waals surface area (Å²) in [7, 11) is 0. The molecule has 0 unspecified atom stereocenters. The molecule has 0 bridgehead atoms. The van der Waals surface area contributed by atoms with Crippen molar-refractivity contribution in [1.82, 2.24) is 0 Å². The molecule has 2 amide bonds. The number of rotatable bonds is 1. The summed E-state index contributed by atoms with van der Waals surface area (Å²) in [5, 5.41) is 2.06. The average molecular weight is 215 g/mol. The number of halogens is 2. The maximum absolute atomic E-state index is 12.7. The van der Waals surface area contributed by atoms with Gasteiger partial charge in [-0.05, 0) is 18.2 Å². The Morgan fingerprint density at radius 3 is 2.86 bits per heavy atom. The summed E-state index contributed by atoms with van der Waals surface area (Å²) in [6.07, 6.45) is 1.07. The van der Waals surface area contributed by atoms with Crippen molar-refractivity contribution in [1.29, 1.82) is 0 Å².